The summed E-state index contributed by atoms with van der Waals surface area (Å²) in [6, 6.07) is 6.58. The van der Waals surface area contributed by atoms with Crippen LogP contribution in [0.5, 0.6) is 0 Å². The molecular formula is C16H27ClN4O2. The normalized spacial score (nSPS) is 12.8. The van der Waals surface area contributed by atoms with Crippen molar-refractivity contribution >= 4 is 30.0 Å². The fraction of sp³-hybridized carbons (Fsp3) is 0.500. The summed E-state index contributed by atoms with van der Waals surface area (Å²) < 4.78 is 0. The number of hydrogen-bond donors (Lipinski definition) is 3. The minimum atomic E-state index is -0.472. The van der Waals surface area contributed by atoms with Crippen molar-refractivity contribution in [1.29, 1.82) is 0 Å². The number of nitrogens with two attached hydrogens (primary N) is 1. The Morgan fingerprint density at radius 2 is 1.91 bits per heavy atom. The molecule has 1 rings (SSSR count). The second kappa shape index (κ2) is 8.74. The molecule has 0 heterocycles. The molecule has 1 unspecified atom stereocenters. The monoisotopic (exact) mass is 342 g/mol. The van der Waals surface area contributed by atoms with Gasteiger partial charge in [0, 0.05) is 31.9 Å². The molecule has 0 spiro atoms. The molecule has 0 radical (unpaired) electrons. The fourth-order valence-electron chi connectivity index (χ4n) is 1.74. The maximum Gasteiger partial charge on any atom is 0.321 e. The highest BCUT2D eigenvalue weighted by Crippen LogP contribution is 2.17. The average Bonchev–Trinajstić information content (AvgIpc) is 2.46. The van der Waals surface area contributed by atoms with Crippen molar-refractivity contribution in [3.8, 4) is 0 Å². The number of benzene rings is 1. The first kappa shape index (κ1) is 21.2. The lowest BCUT2D eigenvalue weighted by molar-refractivity contribution is 0.0883. The van der Waals surface area contributed by atoms with Crippen LogP contribution in [0.3, 0.4) is 0 Å². The Kier molecular flexibility index (Phi) is 8.06. The first-order chi connectivity index (χ1) is 10.2. The number of carbonyl (C=O) groups excluding carboxylic acids is 2. The summed E-state index contributed by atoms with van der Waals surface area (Å²) in [6.07, 6.45) is 0. The highest BCUT2D eigenvalue weighted by Gasteiger charge is 2.28. The first-order valence-corrected chi connectivity index (χ1v) is 7.30. The van der Waals surface area contributed by atoms with Gasteiger partial charge in [0.2, 0.25) is 0 Å². The Morgan fingerprint density at radius 1 is 1.30 bits per heavy atom. The van der Waals surface area contributed by atoms with Gasteiger partial charge in [-0.25, -0.2) is 4.79 Å². The number of anilines is 1. The lowest BCUT2D eigenvalue weighted by atomic mass is 9.88. The molecule has 6 nitrogen and oxygen atoms in total. The molecule has 1 aromatic carbocycles. The van der Waals surface area contributed by atoms with Crippen LogP contribution in [-0.4, -0.2) is 43.0 Å². The second-order valence-corrected chi connectivity index (χ2v) is 6.14. The van der Waals surface area contributed by atoms with Crippen LogP contribution in [0, 0.1) is 5.92 Å². The smallest absolute Gasteiger partial charge is 0.321 e. The number of amides is 3. The van der Waals surface area contributed by atoms with Crippen LogP contribution in [0.4, 0.5) is 10.5 Å². The average molecular weight is 343 g/mol. The zero-order valence-electron chi connectivity index (χ0n) is 14.3. The zero-order chi connectivity index (χ0) is 16.9. The highest BCUT2D eigenvalue weighted by atomic mass is 35.5. The van der Waals surface area contributed by atoms with Crippen molar-refractivity contribution in [1.82, 2.24) is 10.2 Å². The summed E-state index contributed by atoms with van der Waals surface area (Å²) in [7, 11) is 3.31. The van der Waals surface area contributed by atoms with Gasteiger partial charge in [-0.3, -0.25) is 4.79 Å². The van der Waals surface area contributed by atoms with Gasteiger partial charge in [0.25, 0.3) is 5.91 Å². The minimum absolute atomic E-state index is 0. The lowest BCUT2D eigenvalue weighted by Crippen LogP contribution is -2.55. The molecule has 23 heavy (non-hydrogen) atoms. The Bertz CT molecular complexity index is 549. The van der Waals surface area contributed by atoms with Crippen LogP contribution in [0.15, 0.2) is 24.3 Å². The largest absolute Gasteiger partial charge is 0.345 e. The predicted octanol–water partition coefficient (Wildman–Crippen LogP) is 2.31. The Labute approximate surface area is 144 Å². The van der Waals surface area contributed by atoms with Gasteiger partial charge in [0.1, 0.15) is 0 Å². The predicted molar refractivity (Wildman–Crippen MR) is 96.2 cm³/mol. The molecule has 0 saturated heterocycles. The SMILES string of the molecule is CC(C)C(C)(CN)NC(=O)c1cccc(NC(=O)N(C)C)c1.Cl. The first-order valence-electron chi connectivity index (χ1n) is 7.30. The van der Waals surface area contributed by atoms with Gasteiger partial charge in [-0.05, 0) is 31.0 Å². The van der Waals surface area contributed by atoms with E-state index in [9.17, 15) is 9.59 Å². The standard InChI is InChI=1S/C16H26N4O2.ClH/c1-11(2)16(3,10-17)19-14(21)12-7-6-8-13(9-12)18-15(22)20(4)5;/h6-9,11H,10,17H2,1-5H3,(H,18,22)(H,19,21);1H. The number of hydrogen-bond acceptors (Lipinski definition) is 3. The number of rotatable bonds is 5. The fourth-order valence-corrected chi connectivity index (χ4v) is 1.74. The van der Waals surface area contributed by atoms with E-state index in [-0.39, 0.29) is 30.3 Å². The number of nitrogens with zero attached hydrogens (tertiary/aromatic N) is 1. The second-order valence-electron chi connectivity index (χ2n) is 6.14. The Morgan fingerprint density at radius 3 is 2.39 bits per heavy atom. The van der Waals surface area contributed by atoms with Crippen LogP contribution in [0.2, 0.25) is 0 Å². The van der Waals surface area contributed by atoms with Crippen LogP contribution >= 0.6 is 12.4 Å². The Balaban J connectivity index is 0.00000484. The molecule has 0 bridgehead atoms. The summed E-state index contributed by atoms with van der Waals surface area (Å²) in [6.45, 7) is 6.31. The summed E-state index contributed by atoms with van der Waals surface area (Å²) in [5, 5.41) is 5.69. The third-order valence-electron chi connectivity index (χ3n) is 3.88. The molecule has 0 aliphatic heterocycles. The molecule has 0 aliphatic rings. The van der Waals surface area contributed by atoms with E-state index in [1.807, 2.05) is 20.8 Å². The quantitative estimate of drug-likeness (QED) is 0.767. The van der Waals surface area contributed by atoms with Gasteiger partial charge >= 0.3 is 6.03 Å². The molecule has 0 saturated carbocycles. The lowest BCUT2D eigenvalue weighted by Gasteiger charge is -2.33. The van der Waals surface area contributed by atoms with E-state index in [0.717, 1.165) is 0 Å². The maximum absolute atomic E-state index is 12.4. The number of carbonyl (C=O) groups is 2. The molecule has 1 aromatic rings. The van der Waals surface area contributed by atoms with Gasteiger partial charge in [-0.1, -0.05) is 19.9 Å². The minimum Gasteiger partial charge on any atom is -0.345 e. The molecule has 1 atom stereocenters. The van der Waals surface area contributed by atoms with Gasteiger partial charge in [0.05, 0.1) is 5.54 Å². The summed E-state index contributed by atoms with van der Waals surface area (Å²) in [5.74, 6) is 0.000628. The van der Waals surface area contributed by atoms with E-state index >= 15 is 0 Å². The van der Waals surface area contributed by atoms with Crippen molar-refractivity contribution in [2.45, 2.75) is 26.3 Å². The van der Waals surface area contributed by atoms with E-state index in [1.54, 1.807) is 38.4 Å². The summed E-state index contributed by atoms with van der Waals surface area (Å²) in [4.78, 5) is 25.5. The van der Waals surface area contributed by atoms with Gasteiger partial charge in [0.15, 0.2) is 0 Å². The molecule has 0 aromatic heterocycles. The van der Waals surface area contributed by atoms with Crippen molar-refractivity contribution in [2.75, 3.05) is 26.0 Å². The molecule has 0 fully saturated rings. The summed E-state index contributed by atoms with van der Waals surface area (Å²) >= 11 is 0. The van der Waals surface area contributed by atoms with Gasteiger partial charge in [-0.2, -0.15) is 0 Å². The Hall–Kier alpha value is -1.79. The van der Waals surface area contributed by atoms with E-state index in [1.165, 1.54) is 4.90 Å². The van der Waals surface area contributed by atoms with E-state index < -0.39 is 5.54 Å². The molecule has 130 valence electrons. The highest BCUT2D eigenvalue weighted by molar-refractivity contribution is 5.97. The van der Waals surface area contributed by atoms with Crippen LogP contribution in [0.25, 0.3) is 0 Å². The van der Waals surface area contributed by atoms with E-state index in [2.05, 4.69) is 10.6 Å². The van der Waals surface area contributed by atoms with Crippen LogP contribution < -0.4 is 16.4 Å². The molecule has 3 amide bonds. The number of halogens is 1. The van der Waals surface area contributed by atoms with Crippen LogP contribution in [-0.2, 0) is 0 Å². The summed E-state index contributed by atoms with van der Waals surface area (Å²) in [5.41, 5.74) is 6.37. The third-order valence-corrected chi connectivity index (χ3v) is 3.88. The molecule has 0 aliphatic carbocycles. The van der Waals surface area contributed by atoms with Gasteiger partial charge in [-0.15, -0.1) is 12.4 Å². The maximum atomic E-state index is 12.4. The number of nitrogens with one attached hydrogen (secondary N) is 2. The van der Waals surface area contributed by atoms with Crippen molar-refractivity contribution < 1.29 is 9.59 Å². The third kappa shape index (κ3) is 5.73. The van der Waals surface area contributed by atoms with Gasteiger partial charge < -0.3 is 21.3 Å². The topological polar surface area (TPSA) is 87.5 Å². The molecule has 7 heteroatoms. The van der Waals surface area contributed by atoms with Crippen molar-refractivity contribution in [2.24, 2.45) is 11.7 Å². The van der Waals surface area contributed by atoms with Crippen molar-refractivity contribution in [3.63, 3.8) is 0 Å². The van der Waals surface area contributed by atoms with E-state index in [0.29, 0.717) is 17.8 Å². The zero-order valence-corrected chi connectivity index (χ0v) is 15.2. The molecule has 4 N–H and O–H groups in total. The molecular weight excluding hydrogens is 316 g/mol. The number of urea groups is 1. The van der Waals surface area contributed by atoms with Crippen molar-refractivity contribution in [3.05, 3.63) is 29.8 Å². The van der Waals surface area contributed by atoms with Crippen LogP contribution in [0.1, 0.15) is 31.1 Å². The van der Waals surface area contributed by atoms with E-state index in [4.69, 9.17) is 5.73 Å².